The summed E-state index contributed by atoms with van der Waals surface area (Å²) in [6.45, 7) is 1.99. The van der Waals surface area contributed by atoms with Gasteiger partial charge in [0, 0.05) is 17.3 Å². The molecule has 0 atom stereocenters. The number of nitrogens with one attached hydrogen (secondary N) is 1. The molecule has 0 unspecified atom stereocenters. The van der Waals surface area contributed by atoms with Crippen LogP contribution in [-0.4, -0.2) is 10.8 Å². The van der Waals surface area contributed by atoms with Crippen molar-refractivity contribution in [2.45, 2.75) is 13.3 Å². The van der Waals surface area contributed by atoms with Crippen molar-refractivity contribution in [2.75, 3.05) is 11.1 Å². The number of nitrogens with zero attached hydrogens (tertiary/aromatic N) is 1. The molecule has 0 aliphatic heterocycles. The van der Waals surface area contributed by atoms with Gasteiger partial charge in [-0.25, -0.2) is 0 Å². The molecule has 0 fully saturated rings. The zero-order chi connectivity index (χ0) is 15.4. The molecule has 0 aliphatic rings. The van der Waals surface area contributed by atoms with Crippen molar-refractivity contribution in [1.29, 1.82) is 0 Å². The fourth-order valence-corrected chi connectivity index (χ4v) is 2.01. The van der Waals surface area contributed by atoms with E-state index in [-0.39, 0.29) is 22.8 Å². The number of anilines is 2. The minimum Gasteiger partial charge on any atom is -0.393 e. The fourth-order valence-electron chi connectivity index (χ4n) is 2.01. The lowest BCUT2D eigenvalue weighted by Crippen LogP contribution is -2.13. The predicted molar refractivity (Wildman–Crippen MR) is 81.3 cm³/mol. The van der Waals surface area contributed by atoms with Gasteiger partial charge >= 0.3 is 0 Å². The summed E-state index contributed by atoms with van der Waals surface area (Å²) >= 11 is 0. The van der Waals surface area contributed by atoms with Crippen molar-refractivity contribution in [3.05, 3.63) is 63.7 Å². The maximum atomic E-state index is 12.2. The second-order valence-electron chi connectivity index (χ2n) is 4.50. The zero-order valence-corrected chi connectivity index (χ0v) is 11.5. The van der Waals surface area contributed by atoms with E-state index in [2.05, 4.69) is 5.32 Å². The van der Waals surface area contributed by atoms with E-state index < -0.39 is 4.92 Å². The Bertz CT molecular complexity index is 698. The van der Waals surface area contributed by atoms with Crippen LogP contribution in [0.5, 0.6) is 0 Å². The highest BCUT2D eigenvalue weighted by Gasteiger charge is 2.15. The number of amides is 1. The third kappa shape index (κ3) is 3.17. The Balaban J connectivity index is 2.25. The standard InChI is InChI=1S/C15H15N3O3/c1-2-10-5-3-4-6-13(10)17-15(19)11-7-8-14(18(20)21)12(16)9-11/h3-9H,2,16H2,1H3,(H,17,19). The van der Waals surface area contributed by atoms with E-state index >= 15 is 0 Å². The van der Waals surface area contributed by atoms with Crippen LogP contribution in [0.3, 0.4) is 0 Å². The van der Waals surface area contributed by atoms with Gasteiger partial charge in [0.2, 0.25) is 0 Å². The first kappa shape index (κ1) is 14.5. The second-order valence-corrected chi connectivity index (χ2v) is 4.50. The zero-order valence-electron chi connectivity index (χ0n) is 11.5. The molecule has 0 aliphatic carbocycles. The minimum atomic E-state index is -0.580. The molecule has 2 aromatic carbocycles. The summed E-state index contributed by atoms with van der Waals surface area (Å²) in [6.07, 6.45) is 0.791. The molecule has 0 saturated heterocycles. The predicted octanol–water partition coefficient (Wildman–Crippen LogP) is 2.99. The van der Waals surface area contributed by atoms with E-state index in [0.717, 1.165) is 17.7 Å². The van der Waals surface area contributed by atoms with Crippen molar-refractivity contribution in [3.8, 4) is 0 Å². The molecule has 0 heterocycles. The third-order valence-corrected chi connectivity index (χ3v) is 3.13. The van der Waals surface area contributed by atoms with Gasteiger partial charge in [-0.3, -0.25) is 14.9 Å². The van der Waals surface area contributed by atoms with Gasteiger partial charge < -0.3 is 11.1 Å². The van der Waals surface area contributed by atoms with Crippen LogP contribution in [0.15, 0.2) is 42.5 Å². The van der Waals surface area contributed by atoms with E-state index in [1.54, 1.807) is 0 Å². The summed E-state index contributed by atoms with van der Waals surface area (Å²) in [7, 11) is 0. The van der Waals surface area contributed by atoms with Gasteiger partial charge in [-0.1, -0.05) is 25.1 Å². The summed E-state index contributed by atoms with van der Waals surface area (Å²) in [5, 5.41) is 13.5. The van der Waals surface area contributed by atoms with E-state index in [1.807, 2.05) is 31.2 Å². The summed E-state index contributed by atoms with van der Waals surface area (Å²) in [4.78, 5) is 22.3. The number of rotatable bonds is 4. The molecule has 2 rings (SSSR count). The number of nitrogen functional groups attached to an aromatic ring is 1. The van der Waals surface area contributed by atoms with Crippen LogP contribution in [0, 0.1) is 10.1 Å². The fraction of sp³-hybridized carbons (Fsp3) is 0.133. The van der Waals surface area contributed by atoms with E-state index in [9.17, 15) is 14.9 Å². The molecule has 1 amide bonds. The topological polar surface area (TPSA) is 98.3 Å². The quantitative estimate of drug-likeness (QED) is 0.512. The van der Waals surface area contributed by atoms with Gasteiger partial charge in [-0.05, 0) is 30.2 Å². The molecule has 0 spiro atoms. The first-order chi connectivity index (χ1) is 10.0. The number of nitrogens with two attached hydrogens (primary N) is 1. The van der Waals surface area contributed by atoms with Crippen molar-refractivity contribution >= 4 is 23.0 Å². The molecule has 0 radical (unpaired) electrons. The van der Waals surface area contributed by atoms with Crippen LogP contribution in [0.2, 0.25) is 0 Å². The molecule has 0 saturated carbocycles. The van der Waals surface area contributed by atoms with Crippen molar-refractivity contribution in [2.24, 2.45) is 0 Å². The molecule has 3 N–H and O–H groups in total. The van der Waals surface area contributed by atoms with E-state index in [4.69, 9.17) is 5.73 Å². The largest absolute Gasteiger partial charge is 0.393 e. The molecule has 21 heavy (non-hydrogen) atoms. The number of hydrogen-bond acceptors (Lipinski definition) is 4. The van der Waals surface area contributed by atoms with E-state index in [1.165, 1.54) is 18.2 Å². The number of para-hydroxylation sites is 1. The number of hydrogen-bond donors (Lipinski definition) is 2. The molecule has 0 aromatic heterocycles. The van der Waals surface area contributed by atoms with Crippen LogP contribution in [0.25, 0.3) is 0 Å². The third-order valence-electron chi connectivity index (χ3n) is 3.13. The van der Waals surface area contributed by atoms with Gasteiger partial charge in [0.05, 0.1) is 4.92 Å². The summed E-state index contributed by atoms with van der Waals surface area (Å²) in [6, 6.07) is 11.4. The first-order valence-corrected chi connectivity index (χ1v) is 6.46. The highest BCUT2D eigenvalue weighted by molar-refractivity contribution is 6.05. The average molecular weight is 285 g/mol. The van der Waals surface area contributed by atoms with Crippen LogP contribution >= 0.6 is 0 Å². The summed E-state index contributed by atoms with van der Waals surface area (Å²) < 4.78 is 0. The van der Waals surface area contributed by atoms with Crippen LogP contribution in [-0.2, 0) is 6.42 Å². The Morgan fingerprint density at radius 2 is 2.00 bits per heavy atom. The van der Waals surface area contributed by atoms with Gasteiger partial charge in [0.1, 0.15) is 5.69 Å². The Kier molecular flexibility index (Phi) is 4.18. The molecule has 108 valence electrons. The first-order valence-electron chi connectivity index (χ1n) is 6.46. The number of nitro groups is 1. The van der Waals surface area contributed by atoms with Gasteiger partial charge in [-0.2, -0.15) is 0 Å². The maximum absolute atomic E-state index is 12.2. The molecule has 0 bridgehead atoms. The summed E-state index contributed by atoms with van der Waals surface area (Å²) in [5.41, 5.74) is 7.37. The van der Waals surface area contributed by atoms with Crippen LogP contribution < -0.4 is 11.1 Å². The monoisotopic (exact) mass is 285 g/mol. The maximum Gasteiger partial charge on any atom is 0.292 e. The smallest absolute Gasteiger partial charge is 0.292 e. The number of benzene rings is 2. The SMILES string of the molecule is CCc1ccccc1NC(=O)c1ccc([N+](=O)[O-])c(N)c1. The highest BCUT2D eigenvalue weighted by Crippen LogP contribution is 2.23. The highest BCUT2D eigenvalue weighted by atomic mass is 16.6. The molecule has 2 aromatic rings. The minimum absolute atomic E-state index is 0.0311. The Morgan fingerprint density at radius 1 is 1.29 bits per heavy atom. The lowest BCUT2D eigenvalue weighted by molar-refractivity contribution is -0.383. The Labute approximate surface area is 121 Å². The number of nitro benzene ring substituents is 1. The molecule has 6 nitrogen and oxygen atoms in total. The van der Waals surface area contributed by atoms with Crippen molar-refractivity contribution < 1.29 is 9.72 Å². The van der Waals surface area contributed by atoms with Crippen molar-refractivity contribution in [3.63, 3.8) is 0 Å². The number of carbonyl (C=O) groups excluding carboxylic acids is 1. The van der Waals surface area contributed by atoms with E-state index in [0.29, 0.717) is 0 Å². The van der Waals surface area contributed by atoms with Crippen LogP contribution in [0.1, 0.15) is 22.8 Å². The average Bonchev–Trinajstić information content (AvgIpc) is 2.47. The molecular formula is C15H15N3O3. The Hall–Kier alpha value is -2.89. The molecular weight excluding hydrogens is 270 g/mol. The lowest BCUT2D eigenvalue weighted by Gasteiger charge is -2.10. The lowest BCUT2D eigenvalue weighted by atomic mass is 10.1. The normalized spacial score (nSPS) is 10.1. The molecule has 6 heteroatoms. The van der Waals surface area contributed by atoms with Gasteiger partial charge in [0.25, 0.3) is 11.6 Å². The van der Waals surface area contributed by atoms with Crippen molar-refractivity contribution in [1.82, 2.24) is 0 Å². The number of carbonyl (C=O) groups is 1. The van der Waals surface area contributed by atoms with Gasteiger partial charge in [-0.15, -0.1) is 0 Å². The number of aryl methyl sites for hydroxylation is 1. The summed E-state index contributed by atoms with van der Waals surface area (Å²) in [5.74, 6) is -0.350. The Morgan fingerprint density at radius 3 is 2.62 bits per heavy atom. The second kappa shape index (κ2) is 6.04. The van der Waals surface area contributed by atoms with Gasteiger partial charge in [0.15, 0.2) is 0 Å². The van der Waals surface area contributed by atoms with Crippen LogP contribution in [0.4, 0.5) is 17.1 Å².